The smallest absolute Gasteiger partial charge is 0.204 e. The molecule has 0 fully saturated rings. The van der Waals surface area contributed by atoms with Crippen molar-refractivity contribution in [2.24, 2.45) is 0 Å². The van der Waals surface area contributed by atoms with E-state index in [0.717, 1.165) is 30.8 Å². The number of tetrazole rings is 1. The van der Waals surface area contributed by atoms with E-state index >= 15 is 0 Å². The number of para-hydroxylation sites is 1. The Bertz CT molecular complexity index is 663. The molecule has 0 unspecified atom stereocenters. The fourth-order valence-corrected chi connectivity index (χ4v) is 2.05. The van der Waals surface area contributed by atoms with Gasteiger partial charge in [-0.3, -0.25) is 0 Å². The Morgan fingerprint density at radius 2 is 1.62 bits per heavy atom. The minimum Gasteiger partial charge on any atom is -0.385 e. The summed E-state index contributed by atoms with van der Waals surface area (Å²) in [4.78, 5) is 1.65. The highest BCUT2D eigenvalue weighted by molar-refractivity contribution is 5.52. The molecule has 0 saturated heterocycles. The monoisotopic (exact) mass is 279 g/mol. The molecule has 106 valence electrons. The highest BCUT2D eigenvalue weighted by Crippen LogP contribution is 2.11. The second kappa shape index (κ2) is 6.65. The van der Waals surface area contributed by atoms with E-state index in [1.165, 1.54) is 0 Å². The molecule has 2 aromatic carbocycles. The van der Waals surface area contributed by atoms with Gasteiger partial charge in [0.15, 0.2) is 0 Å². The third-order valence-corrected chi connectivity index (χ3v) is 3.12. The average Bonchev–Trinajstić information content (AvgIpc) is 3.02. The first-order valence-electron chi connectivity index (χ1n) is 7.04. The lowest BCUT2D eigenvalue weighted by atomic mass is 10.2. The normalized spacial score (nSPS) is 10.5. The Labute approximate surface area is 123 Å². The molecule has 3 aromatic rings. The standard InChI is InChI=1S/C16H17N5/c1-3-8-14(9-4-1)16-18-20-21(19-16)13-7-12-17-15-10-5-2-6-11-15/h1-6,8-11,17H,7,12-13H2. The second-order valence-corrected chi connectivity index (χ2v) is 4.72. The first kappa shape index (κ1) is 13.3. The van der Waals surface area contributed by atoms with E-state index < -0.39 is 0 Å². The van der Waals surface area contributed by atoms with E-state index in [-0.39, 0.29) is 0 Å². The van der Waals surface area contributed by atoms with Gasteiger partial charge in [-0.15, -0.1) is 10.2 Å². The maximum absolute atomic E-state index is 4.39. The van der Waals surface area contributed by atoms with Crippen molar-refractivity contribution in [3.8, 4) is 11.4 Å². The molecule has 0 amide bonds. The summed E-state index contributed by atoms with van der Waals surface area (Å²) in [7, 11) is 0. The first-order valence-corrected chi connectivity index (χ1v) is 7.04. The second-order valence-electron chi connectivity index (χ2n) is 4.72. The fourth-order valence-electron chi connectivity index (χ4n) is 2.05. The number of aryl methyl sites for hydroxylation is 1. The van der Waals surface area contributed by atoms with E-state index in [1.54, 1.807) is 4.80 Å². The van der Waals surface area contributed by atoms with Crippen LogP contribution in [0.25, 0.3) is 11.4 Å². The van der Waals surface area contributed by atoms with Gasteiger partial charge in [-0.2, -0.15) is 4.80 Å². The predicted molar refractivity (Wildman–Crippen MR) is 82.8 cm³/mol. The van der Waals surface area contributed by atoms with Crippen LogP contribution in [0, 0.1) is 0 Å². The van der Waals surface area contributed by atoms with Crippen molar-refractivity contribution in [1.29, 1.82) is 0 Å². The number of rotatable bonds is 6. The molecule has 0 aliphatic heterocycles. The van der Waals surface area contributed by atoms with Gasteiger partial charge in [0.2, 0.25) is 5.82 Å². The van der Waals surface area contributed by atoms with Crippen molar-refractivity contribution in [3.05, 3.63) is 60.7 Å². The minimum atomic E-state index is 0.673. The van der Waals surface area contributed by atoms with E-state index in [9.17, 15) is 0 Å². The van der Waals surface area contributed by atoms with Crippen molar-refractivity contribution in [2.45, 2.75) is 13.0 Å². The van der Waals surface area contributed by atoms with E-state index in [4.69, 9.17) is 0 Å². The molecule has 1 aromatic heterocycles. The molecule has 1 N–H and O–H groups in total. The van der Waals surface area contributed by atoms with Crippen LogP contribution in [0.3, 0.4) is 0 Å². The van der Waals surface area contributed by atoms with Crippen LogP contribution in [0.4, 0.5) is 5.69 Å². The molecule has 21 heavy (non-hydrogen) atoms. The van der Waals surface area contributed by atoms with Crippen LogP contribution in [0.2, 0.25) is 0 Å². The molecule has 0 aliphatic carbocycles. The third kappa shape index (κ3) is 3.66. The van der Waals surface area contributed by atoms with E-state index in [1.807, 2.05) is 48.5 Å². The van der Waals surface area contributed by atoms with Gasteiger partial charge in [-0.05, 0) is 23.8 Å². The van der Waals surface area contributed by atoms with Crippen molar-refractivity contribution >= 4 is 5.69 Å². The van der Waals surface area contributed by atoms with Crippen LogP contribution in [0.5, 0.6) is 0 Å². The number of hydrogen-bond acceptors (Lipinski definition) is 4. The van der Waals surface area contributed by atoms with Gasteiger partial charge < -0.3 is 5.32 Å². The number of hydrogen-bond donors (Lipinski definition) is 1. The summed E-state index contributed by atoms with van der Waals surface area (Å²) in [6.07, 6.45) is 0.944. The summed E-state index contributed by atoms with van der Waals surface area (Å²) in [5.41, 5.74) is 2.13. The van der Waals surface area contributed by atoms with Crippen molar-refractivity contribution in [2.75, 3.05) is 11.9 Å². The Kier molecular flexibility index (Phi) is 4.21. The highest BCUT2D eigenvalue weighted by atomic mass is 15.6. The van der Waals surface area contributed by atoms with Gasteiger partial charge in [0.25, 0.3) is 0 Å². The SMILES string of the molecule is c1ccc(NCCCn2nnc(-c3ccccc3)n2)cc1. The van der Waals surface area contributed by atoms with Crippen molar-refractivity contribution in [3.63, 3.8) is 0 Å². The molecule has 0 atom stereocenters. The van der Waals surface area contributed by atoms with Crippen LogP contribution in [-0.4, -0.2) is 26.8 Å². The number of anilines is 1. The van der Waals surface area contributed by atoms with E-state index in [0.29, 0.717) is 5.82 Å². The van der Waals surface area contributed by atoms with Crippen LogP contribution < -0.4 is 5.32 Å². The fraction of sp³-hybridized carbons (Fsp3) is 0.188. The number of aromatic nitrogens is 4. The number of nitrogens with zero attached hydrogens (tertiary/aromatic N) is 4. The summed E-state index contributed by atoms with van der Waals surface area (Å²) in [6, 6.07) is 20.1. The zero-order valence-electron chi connectivity index (χ0n) is 11.7. The number of benzene rings is 2. The van der Waals surface area contributed by atoms with Crippen molar-refractivity contribution in [1.82, 2.24) is 20.2 Å². The first-order chi connectivity index (χ1) is 10.4. The molecule has 0 aliphatic rings. The topological polar surface area (TPSA) is 55.6 Å². The van der Waals surface area contributed by atoms with Crippen LogP contribution in [-0.2, 0) is 6.54 Å². The largest absolute Gasteiger partial charge is 0.385 e. The predicted octanol–water partition coefficient (Wildman–Crippen LogP) is 2.84. The molecule has 5 nitrogen and oxygen atoms in total. The Morgan fingerprint density at radius 3 is 2.38 bits per heavy atom. The summed E-state index contributed by atoms with van der Waals surface area (Å²) in [5.74, 6) is 0.673. The zero-order chi connectivity index (χ0) is 14.3. The zero-order valence-corrected chi connectivity index (χ0v) is 11.7. The van der Waals surface area contributed by atoms with Crippen LogP contribution >= 0.6 is 0 Å². The van der Waals surface area contributed by atoms with E-state index in [2.05, 4.69) is 32.9 Å². The summed E-state index contributed by atoms with van der Waals surface area (Å²) >= 11 is 0. The van der Waals surface area contributed by atoms with Crippen molar-refractivity contribution < 1.29 is 0 Å². The summed E-state index contributed by atoms with van der Waals surface area (Å²) in [5, 5.41) is 15.9. The third-order valence-electron chi connectivity index (χ3n) is 3.12. The van der Waals surface area contributed by atoms with Gasteiger partial charge in [0, 0.05) is 17.8 Å². The van der Waals surface area contributed by atoms with Gasteiger partial charge in [-0.1, -0.05) is 48.5 Å². The molecule has 5 heteroatoms. The molecular formula is C16H17N5. The molecular weight excluding hydrogens is 262 g/mol. The van der Waals surface area contributed by atoms with Crippen LogP contribution in [0.1, 0.15) is 6.42 Å². The quantitative estimate of drug-likeness (QED) is 0.705. The maximum atomic E-state index is 4.39. The molecule has 3 rings (SSSR count). The number of nitrogens with one attached hydrogen (secondary N) is 1. The molecule has 0 spiro atoms. The van der Waals surface area contributed by atoms with Gasteiger partial charge in [-0.25, -0.2) is 0 Å². The lowest BCUT2D eigenvalue weighted by Gasteiger charge is -2.04. The minimum absolute atomic E-state index is 0.673. The lowest BCUT2D eigenvalue weighted by Crippen LogP contribution is -2.09. The lowest BCUT2D eigenvalue weighted by molar-refractivity contribution is 0.508. The average molecular weight is 279 g/mol. The van der Waals surface area contributed by atoms with Gasteiger partial charge >= 0.3 is 0 Å². The Morgan fingerprint density at radius 1 is 0.905 bits per heavy atom. The van der Waals surface area contributed by atoms with Gasteiger partial charge in [0.1, 0.15) is 0 Å². The molecule has 0 bridgehead atoms. The summed E-state index contributed by atoms with van der Waals surface area (Å²) in [6.45, 7) is 1.63. The maximum Gasteiger partial charge on any atom is 0.204 e. The molecule has 0 radical (unpaired) electrons. The summed E-state index contributed by atoms with van der Waals surface area (Å²) < 4.78 is 0. The Hall–Kier alpha value is -2.69. The Balaban J connectivity index is 1.49. The molecule has 1 heterocycles. The highest BCUT2D eigenvalue weighted by Gasteiger charge is 2.04. The van der Waals surface area contributed by atoms with Gasteiger partial charge in [0.05, 0.1) is 6.54 Å². The molecule has 0 saturated carbocycles. The van der Waals surface area contributed by atoms with Crippen LogP contribution in [0.15, 0.2) is 60.7 Å².